The average Bonchev–Trinajstić information content (AvgIpc) is 2.38. The normalized spacial score (nSPS) is 11.9. The number of rotatable bonds is 3. The van der Waals surface area contributed by atoms with Gasteiger partial charge in [0.05, 0.1) is 10.6 Å². The Morgan fingerprint density at radius 2 is 1.43 bits per heavy atom. The van der Waals surface area contributed by atoms with Crippen molar-refractivity contribution in [1.29, 1.82) is 0 Å². The van der Waals surface area contributed by atoms with E-state index in [9.17, 15) is 8.42 Å². The third kappa shape index (κ3) is 3.57. The average molecular weight is 304 g/mol. The third-order valence-corrected chi connectivity index (χ3v) is 4.00. The second kappa shape index (κ2) is 5.53. The highest BCUT2D eigenvalue weighted by Gasteiger charge is 2.13. The molecule has 0 fully saturated rings. The molecular weight excluding hydrogens is 288 g/mol. The molecule has 0 aliphatic carbocycles. The Kier molecular flexibility index (Phi) is 3.95. The van der Waals surface area contributed by atoms with Crippen molar-refractivity contribution in [3.05, 3.63) is 42.0 Å². The Morgan fingerprint density at radius 3 is 2.00 bits per heavy atom. The molecule has 0 aromatic heterocycles. The number of hydrogen-bond acceptors (Lipinski definition) is 6. The highest BCUT2D eigenvalue weighted by Crippen LogP contribution is 2.29. The van der Waals surface area contributed by atoms with Crippen molar-refractivity contribution >= 4 is 32.6 Å². The van der Waals surface area contributed by atoms with Gasteiger partial charge in [0.1, 0.15) is 5.69 Å². The largest absolute Gasteiger partial charge is 0.399 e. The van der Waals surface area contributed by atoms with Gasteiger partial charge < -0.3 is 11.5 Å². The van der Waals surface area contributed by atoms with Crippen LogP contribution in [-0.4, -0.2) is 14.7 Å². The lowest BCUT2D eigenvalue weighted by molar-refractivity contribution is 0.602. The van der Waals surface area contributed by atoms with Crippen LogP contribution in [0.3, 0.4) is 0 Å². The van der Waals surface area contributed by atoms with Crippen LogP contribution < -0.4 is 11.5 Å². The summed E-state index contributed by atoms with van der Waals surface area (Å²) in [5, 5.41) is 8.11. The summed E-state index contributed by atoms with van der Waals surface area (Å²) in [5.74, 6) is 0. The molecule has 0 saturated carbocycles. The number of nitrogens with two attached hydrogens (primary N) is 2. The molecule has 21 heavy (non-hydrogen) atoms. The van der Waals surface area contributed by atoms with Gasteiger partial charge in [-0.2, -0.15) is 5.11 Å². The van der Waals surface area contributed by atoms with Crippen LogP contribution in [0, 0.1) is 6.92 Å². The van der Waals surface area contributed by atoms with Crippen molar-refractivity contribution < 1.29 is 8.42 Å². The van der Waals surface area contributed by atoms with E-state index in [0.29, 0.717) is 17.1 Å². The number of benzene rings is 2. The van der Waals surface area contributed by atoms with Gasteiger partial charge in [-0.05, 0) is 48.9 Å². The van der Waals surface area contributed by atoms with Gasteiger partial charge in [-0.15, -0.1) is 5.11 Å². The molecule has 0 bridgehead atoms. The molecule has 0 aliphatic heterocycles. The van der Waals surface area contributed by atoms with E-state index in [4.69, 9.17) is 11.5 Å². The van der Waals surface area contributed by atoms with Crippen LogP contribution in [0.15, 0.2) is 51.5 Å². The summed E-state index contributed by atoms with van der Waals surface area (Å²) >= 11 is 0. The first-order valence-electron chi connectivity index (χ1n) is 6.15. The maximum Gasteiger partial charge on any atom is 0.177 e. The number of sulfone groups is 1. The fourth-order valence-corrected chi connectivity index (χ4v) is 2.65. The topological polar surface area (TPSA) is 111 Å². The van der Waals surface area contributed by atoms with Crippen LogP contribution in [0.5, 0.6) is 0 Å². The van der Waals surface area contributed by atoms with Crippen LogP contribution in [0.4, 0.5) is 22.7 Å². The van der Waals surface area contributed by atoms with Gasteiger partial charge in [0.25, 0.3) is 0 Å². The summed E-state index contributed by atoms with van der Waals surface area (Å²) in [7, 11) is -3.43. The van der Waals surface area contributed by atoms with Crippen LogP contribution in [0.1, 0.15) is 5.56 Å². The molecule has 6 nitrogen and oxygen atoms in total. The van der Waals surface area contributed by atoms with Gasteiger partial charge in [0.15, 0.2) is 9.84 Å². The highest BCUT2D eigenvalue weighted by molar-refractivity contribution is 7.90. The van der Waals surface area contributed by atoms with Crippen molar-refractivity contribution in [2.75, 3.05) is 17.7 Å². The van der Waals surface area contributed by atoms with Crippen LogP contribution in [0.25, 0.3) is 0 Å². The van der Waals surface area contributed by atoms with Crippen LogP contribution in [0.2, 0.25) is 0 Å². The van der Waals surface area contributed by atoms with Gasteiger partial charge in [-0.1, -0.05) is 0 Å². The SMILES string of the molecule is Cc1cc(N)ccc1/N=N/c1ccc(N)cc1S(C)(=O)=O. The van der Waals surface area contributed by atoms with E-state index >= 15 is 0 Å². The summed E-state index contributed by atoms with van der Waals surface area (Å²) in [5.41, 5.74) is 14.0. The monoisotopic (exact) mass is 304 g/mol. The molecule has 7 heteroatoms. The smallest absolute Gasteiger partial charge is 0.177 e. The van der Waals surface area contributed by atoms with E-state index < -0.39 is 9.84 Å². The summed E-state index contributed by atoms with van der Waals surface area (Å²) < 4.78 is 23.5. The van der Waals surface area contributed by atoms with E-state index in [1.807, 2.05) is 6.92 Å². The molecule has 4 N–H and O–H groups in total. The zero-order valence-corrected chi connectivity index (χ0v) is 12.6. The van der Waals surface area contributed by atoms with E-state index in [2.05, 4.69) is 10.2 Å². The molecular formula is C14H16N4O2S. The number of aryl methyl sites for hydroxylation is 1. The zero-order chi connectivity index (χ0) is 15.6. The van der Waals surface area contributed by atoms with E-state index in [1.165, 1.54) is 12.1 Å². The van der Waals surface area contributed by atoms with Crippen molar-refractivity contribution in [2.45, 2.75) is 11.8 Å². The van der Waals surface area contributed by atoms with Gasteiger partial charge in [0.2, 0.25) is 0 Å². The maximum atomic E-state index is 11.8. The predicted molar refractivity (Wildman–Crippen MR) is 83.7 cm³/mol. The summed E-state index contributed by atoms with van der Waals surface area (Å²) in [6.07, 6.45) is 1.11. The first-order chi connectivity index (χ1) is 9.77. The zero-order valence-electron chi connectivity index (χ0n) is 11.7. The van der Waals surface area contributed by atoms with Gasteiger partial charge in [-0.3, -0.25) is 0 Å². The number of nitrogens with zero attached hydrogens (tertiary/aromatic N) is 2. The number of azo groups is 1. The lowest BCUT2D eigenvalue weighted by Gasteiger charge is -2.04. The molecule has 0 radical (unpaired) electrons. The molecule has 0 atom stereocenters. The Bertz CT molecular complexity index is 814. The Balaban J connectivity index is 2.46. The molecule has 0 heterocycles. The van der Waals surface area contributed by atoms with Crippen molar-refractivity contribution in [2.24, 2.45) is 10.2 Å². The lowest BCUT2D eigenvalue weighted by Crippen LogP contribution is -1.98. The fourth-order valence-electron chi connectivity index (χ4n) is 1.81. The van der Waals surface area contributed by atoms with Crippen molar-refractivity contribution in [3.63, 3.8) is 0 Å². The van der Waals surface area contributed by atoms with Crippen LogP contribution >= 0.6 is 0 Å². The molecule has 2 aromatic rings. The molecule has 2 rings (SSSR count). The van der Waals surface area contributed by atoms with Crippen molar-refractivity contribution in [3.8, 4) is 0 Å². The predicted octanol–water partition coefficient (Wildman–Crippen LogP) is 2.98. The first-order valence-corrected chi connectivity index (χ1v) is 8.04. The molecule has 0 amide bonds. The minimum absolute atomic E-state index is 0.0550. The first kappa shape index (κ1) is 15.0. The Morgan fingerprint density at radius 1 is 0.905 bits per heavy atom. The minimum atomic E-state index is -3.43. The Labute approximate surface area is 123 Å². The fraction of sp³-hybridized carbons (Fsp3) is 0.143. The number of hydrogen-bond donors (Lipinski definition) is 2. The molecule has 2 aromatic carbocycles. The molecule has 0 saturated heterocycles. The molecule has 0 unspecified atom stereocenters. The van der Waals surface area contributed by atoms with Crippen LogP contribution in [-0.2, 0) is 9.84 Å². The summed E-state index contributed by atoms with van der Waals surface area (Å²) in [4.78, 5) is 0.0550. The third-order valence-electron chi connectivity index (χ3n) is 2.87. The number of nitrogen functional groups attached to an aromatic ring is 2. The molecule has 0 aliphatic rings. The highest BCUT2D eigenvalue weighted by atomic mass is 32.2. The standard InChI is InChI=1S/C14H16N4O2S/c1-9-7-10(15)3-5-12(9)17-18-13-6-4-11(16)8-14(13)21(2,19)20/h3-8H,15-16H2,1-2H3/b18-17+. The molecule has 110 valence electrons. The van der Waals surface area contributed by atoms with Gasteiger partial charge in [0, 0.05) is 17.6 Å². The van der Waals surface area contributed by atoms with Gasteiger partial charge >= 0.3 is 0 Å². The van der Waals surface area contributed by atoms with Gasteiger partial charge in [-0.25, -0.2) is 8.42 Å². The Hall–Kier alpha value is -2.41. The van der Waals surface area contributed by atoms with E-state index in [0.717, 1.165) is 11.8 Å². The molecule has 0 spiro atoms. The number of anilines is 2. The van der Waals surface area contributed by atoms with E-state index in [1.54, 1.807) is 24.3 Å². The van der Waals surface area contributed by atoms with E-state index in [-0.39, 0.29) is 10.6 Å². The lowest BCUT2D eigenvalue weighted by atomic mass is 10.2. The maximum absolute atomic E-state index is 11.8. The minimum Gasteiger partial charge on any atom is -0.399 e. The second-order valence-electron chi connectivity index (χ2n) is 4.75. The second-order valence-corrected chi connectivity index (χ2v) is 6.73. The quantitative estimate of drug-likeness (QED) is 0.670. The summed E-state index contributed by atoms with van der Waals surface area (Å²) in [6.45, 7) is 1.85. The summed E-state index contributed by atoms with van der Waals surface area (Å²) in [6, 6.07) is 9.70. The van der Waals surface area contributed by atoms with Crippen molar-refractivity contribution in [1.82, 2.24) is 0 Å².